The minimum atomic E-state index is -0.540. The number of rotatable bonds is 0. The van der Waals surface area contributed by atoms with Crippen molar-refractivity contribution in [2.45, 2.75) is 44.9 Å². The Labute approximate surface area is 90.2 Å². The fraction of sp³-hybridized carbons (Fsp3) is 0.900. The summed E-state index contributed by atoms with van der Waals surface area (Å²) in [6.07, 6.45) is -0.405. The highest BCUT2D eigenvalue weighted by atomic mass is 16.6. The molecule has 3 N–H and O–H groups in total. The zero-order valence-electron chi connectivity index (χ0n) is 9.56. The standard InChI is InChI=1S/C10H20N2O3/c1-10(2,3)15-9(14)12-5-7(11)4-8(13)6-12/h7-8,13H,4-6,11H2,1-3H3/t7-,8+/m0/s1. The molecule has 0 aromatic rings. The molecule has 0 aromatic heterocycles. The molecule has 0 spiro atoms. The molecular weight excluding hydrogens is 196 g/mol. The Balaban J connectivity index is 2.52. The summed E-state index contributed by atoms with van der Waals surface area (Å²) in [6.45, 7) is 6.19. The summed E-state index contributed by atoms with van der Waals surface area (Å²) in [4.78, 5) is 13.1. The number of carbonyl (C=O) groups is 1. The SMILES string of the molecule is CC(C)(C)OC(=O)N1C[C@@H](N)C[C@@H](O)C1. The number of nitrogens with zero attached hydrogens (tertiary/aromatic N) is 1. The van der Waals surface area contributed by atoms with Gasteiger partial charge in [0.15, 0.2) is 0 Å². The van der Waals surface area contributed by atoms with Crippen LogP contribution in [0.3, 0.4) is 0 Å². The number of hydrogen-bond donors (Lipinski definition) is 2. The van der Waals surface area contributed by atoms with Crippen LogP contribution in [0.25, 0.3) is 0 Å². The molecule has 2 atom stereocenters. The number of aliphatic hydroxyl groups is 1. The fourth-order valence-corrected chi connectivity index (χ4v) is 1.59. The van der Waals surface area contributed by atoms with Crippen molar-refractivity contribution in [3.63, 3.8) is 0 Å². The highest BCUT2D eigenvalue weighted by molar-refractivity contribution is 5.68. The molecule has 1 fully saturated rings. The Bertz CT molecular complexity index is 227. The number of carbonyl (C=O) groups excluding carboxylic acids is 1. The number of likely N-dealkylation sites (tertiary alicyclic amines) is 1. The third-order valence-corrected chi connectivity index (χ3v) is 2.11. The van der Waals surface area contributed by atoms with Crippen molar-refractivity contribution in [1.82, 2.24) is 4.90 Å². The van der Waals surface area contributed by atoms with Crippen LogP contribution in [-0.4, -0.2) is 46.9 Å². The Morgan fingerprint density at radius 1 is 1.47 bits per heavy atom. The first-order valence-corrected chi connectivity index (χ1v) is 5.19. The highest BCUT2D eigenvalue weighted by Gasteiger charge is 2.29. The zero-order valence-corrected chi connectivity index (χ0v) is 9.56. The summed E-state index contributed by atoms with van der Waals surface area (Å²) in [7, 11) is 0. The second kappa shape index (κ2) is 4.37. The van der Waals surface area contributed by atoms with Gasteiger partial charge in [0.05, 0.1) is 12.6 Å². The topological polar surface area (TPSA) is 75.8 Å². The maximum Gasteiger partial charge on any atom is 0.410 e. The summed E-state index contributed by atoms with van der Waals surface area (Å²) in [5.41, 5.74) is 5.20. The summed E-state index contributed by atoms with van der Waals surface area (Å²) in [6, 6.07) is -0.165. The minimum Gasteiger partial charge on any atom is -0.444 e. The number of hydrogen-bond acceptors (Lipinski definition) is 4. The van der Waals surface area contributed by atoms with Crippen LogP contribution in [0.1, 0.15) is 27.2 Å². The van der Waals surface area contributed by atoms with Gasteiger partial charge in [-0.1, -0.05) is 0 Å². The number of aliphatic hydroxyl groups excluding tert-OH is 1. The predicted octanol–water partition coefficient (Wildman–Crippen LogP) is 0.315. The second-order valence-corrected chi connectivity index (χ2v) is 5.03. The van der Waals surface area contributed by atoms with E-state index in [9.17, 15) is 9.90 Å². The average Bonchev–Trinajstić information content (AvgIpc) is 1.98. The van der Waals surface area contributed by atoms with Gasteiger partial charge < -0.3 is 20.5 Å². The van der Waals surface area contributed by atoms with Gasteiger partial charge in [0.2, 0.25) is 0 Å². The molecule has 0 unspecified atom stereocenters. The number of β-amino-alcohol motifs (C(OH)–C–C–N with tert-alkyl or cyclic N) is 1. The first kappa shape index (κ1) is 12.3. The molecule has 5 nitrogen and oxygen atoms in total. The third-order valence-electron chi connectivity index (χ3n) is 2.11. The van der Waals surface area contributed by atoms with Crippen molar-refractivity contribution in [3.05, 3.63) is 0 Å². The van der Waals surface area contributed by atoms with Crippen LogP contribution in [0.2, 0.25) is 0 Å². The molecule has 1 amide bonds. The van der Waals surface area contributed by atoms with E-state index in [1.54, 1.807) is 0 Å². The fourth-order valence-electron chi connectivity index (χ4n) is 1.59. The van der Waals surface area contributed by atoms with Crippen molar-refractivity contribution in [2.24, 2.45) is 5.73 Å². The van der Waals surface area contributed by atoms with Crippen molar-refractivity contribution < 1.29 is 14.6 Å². The third kappa shape index (κ3) is 4.05. The largest absolute Gasteiger partial charge is 0.444 e. The Morgan fingerprint density at radius 3 is 2.53 bits per heavy atom. The summed E-state index contributed by atoms with van der Waals surface area (Å²) < 4.78 is 5.19. The lowest BCUT2D eigenvalue weighted by Gasteiger charge is -2.35. The van der Waals surface area contributed by atoms with E-state index in [0.717, 1.165) is 0 Å². The van der Waals surface area contributed by atoms with E-state index in [1.165, 1.54) is 4.90 Å². The Kier molecular flexibility index (Phi) is 3.57. The molecule has 1 saturated heterocycles. The molecule has 5 heteroatoms. The number of ether oxygens (including phenoxy) is 1. The first-order chi connectivity index (χ1) is 6.78. The summed E-state index contributed by atoms with van der Waals surface area (Å²) in [5.74, 6) is 0. The van der Waals surface area contributed by atoms with E-state index in [1.807, 2.05) is 20.8 Å². The van der Waals surface area contributed by atoms with Gasteiger partial charge in [-0.15, -0.1) is 0 Å². The molecule has 0 aliphatic carbocycles. The lowest BCUT2D eigenvalue weighted by Crippen LogP contribution is -2.52. The maximum atomic E-state index is 11.6. The maximum absolute atomic E-state index is 11.6. The van der Waals surface area contributed by atoms with Crippen LogP contribution >= 0.6 is 0 Å². The molecule has 1 heterocycles. The quantitative estimate of drug-likeness (QED) is 0.611. The van der Waals surface area contributed by atoms with Crippen LogP contribution < -0.4 is 5.73 Å². The highest BCUT2D eigenvalue weighted by Crippen LogP contribution is 2.14. The van der Waals surface area contributed by atoms with Crippen molar-refractivity contribution in [2.75, 3.05) is 13.1 Å². The smallest absolute Gasteiger partial charge is 0.410 e. The number of amides is 1. The molecule has 1 rings (SSSR count). The molecular formula is C10H20N2O3. The van der Waals surface area contributed by atoms with Gasteiger partial charge in [-0.3, -0.25) is 0 Å². The Morgan fingerprint density at radius 2 is 2.07 bits per heavy atom. The van der Waals surface area contributed by atoms with E-state index in [-0.39, 0.29) is 6.04 Å². The van der Waals surface area contributed by atoms with Crippen molar-refractivity contribution >= 4 is 6.09 Å². The lowest BCUT2D eigenvalue weighted by molar-refractivity contribution is 0.000482. The molecule has 0 bridgehead atoms. The van der Waals surface area contributed by atoms with Crippen LogP contribution in [0.15, 0.2) is 0 Å². The van der Waals surface area contributed by atoms with Crippen LogP contribution in [-0.2, 0) is 4.74 Å². The molecule has 1 aliphatic rings. The Hall–Kier alpha value is -0.810. The van der Waals surface area contributed by atoms with Gasteiger partial charge in [-0.2, -0.15) is 0 Å². The van der Waals surface area contributed by atoms with Gasteiger partial charge in [0.25, 0.3) is 0 Å². The molecule has 1 aliphatic heterocycles. The molecule has 0 radical (unpaired) electrons. The average molecular weight is 216 g/mol. The van der Waals surface area contributed by atoms with E-state index in [2.05, 4.69) is 0 Å². The van der Waals surface area contributed by atoms with Gasteiger partial charge in [0.1, 0.15) is 5.60 Å². The zero-order chi connectivity index (χ0) is 11.6. The van der Waals surface area contributed by atoms with E-state index < -0.39 is 17.8 Å². The second-order valence-electron chi connectivity index (χ2n) is 5.03. The molecule has 15 heavy (non-hydrogen) atoms. The van der Waals surface area contributed by atoms with Crippen LogP contribution in [0.5, 0.6) is 0 Å². The van der Waals surface area contributed by atoms with Crippen LogP contribution in [0, 0.1) is 0 Å². The molecule has 0 saturated carbocycles. The van der Waals surface area contributed by atoms with Crippen LogP contribution in [0.4, 0.5) is 4.79 Å². The summed E-state index contributed by atoms with van der Waals surface area (Å²) >= 11 is 0. The normalized spacial score (nSPS) is 27.7. The molecule has 0 aromatic carbocycles. The monoisotopic (exact) mass is 216 g/mol. The number of nitrogens with two attached hydrogens (primary N) is 1. The van der Waals surface area contributed by atoms with E-state index in [0.29, 0.717) is 19.5 Å². The van der Waals surface area contributed by atoms with Gasteiger partial charge in [-0.05, 0) is 27.2 Å². The lowest BCUT2D eigenvalue weighted by atomic mass is 10.0. The summed E-state index contributed by atoms with van der Waals surface area (Å²) in [5, 5.41) is 9.47. The van der Waals surface area contributed by atoms with Gasteiger partial charge in [0, 0.05) is 12.6 Å². The van der Waals surface area contributed by atoms with Crippen molar-refractivity contribution in [3.8, 4) is 0 Å². The van der Waals surface area contributed by atoms with Crippen molar-refractivity contribution in [1.29, 1.82) is 0 Å². The number of piperidine rings is 1. The van der Waals surface area contributed by atoms with E-state index in [4.69, 9.17) is 10.5 Å². The molecule has 88 valence electrons. The van der Waals surface area contributed by atoms with E-state index >= 15 is 0 Å². The first-order valence-electron chi connectivity index (χ1n) is 5.19. The predicted molar refractivity (Wildman–Crippen MR) is 56.4 cm³/mol. The minimum absolute atomic E-state index is 0.165. The van der Waals surface area contributed by atoms with Gasteiger partial charge >= 0.3 is 6.09 Å². The van der Waals surface area contributed by atoms with Gasteiger partial charge in [-0.25, -0.2) is 4.79 Å².